The van der Waals surface area contributed by atoms with E-state index in [0.717, 1.165) is 44.3 Å². The maximum Gasteiger partial charge on any atom is 0.216 e. The maximum atomic E-state index is 13.9. The van der Waals surface area contributed by atoms with Crippen molar-refractivity contribution < 1.29 is 13.4 Å². The van der Waals surface area contributed by atoms with Crippen LogP contribution in [0.15, 0.2) is 89.5 Å². The largest absolute Gasteiger partial charge is 0.454 e. The molecule has 0 bridgehead atoms. The molecule has 3 nitrogen and oxygen atoms in total. The molecule has 0 unspecified atom stereocenters. The van der Waals surface area contributed by atoms with Crippen LogP contribution in [0.5, 0.6) is 0 Å². The third-order valence-electron chi connectivity index (χ3n) is 8.36. The third kappa shape index (κ3) is 3.23. The number of rotatable bonds is 2. The number of benzene rings is 4. The zero-order valence-electron chi connectivity index (χ0n) is 22.3. The first-order valence-corrected chi connectivity index (χ1v) is 13.1. The number of hydrogen-bond acceptors (Lipinski definition) is 2. The second-order valence-electron chi connectivity index (χ2n) is 11.0. The van der Waals surface area contributed by atoms with E-state index in [2.05, 4.69) is 74.5 Å². The number of fused-ring (bicyclic) bond motifs is 6. The van der Waals surface area contributed by atoms with Gasteiger partial charge in [-0.25, -0.2) is 4.39 Å². The first kappa shape index (κ1) is 23.4. The van der Waals surface area contributed by atoms with Crippen molar-refractivity contribution in [2.24, 2.45) is 7.05 Å². The Balaban J connectivity index is 1.52. The average Bonchev–Trinajstić information content (AvgIpc) is 3.41. The number of halogens is 1. The van der Waals surface area contributed by atoms with Gasteiger partial charge in [-0.1, -0.05) is 62.4 Å². The van der Waals surface area contributed by atoms with E-state index in [4.69, 9.17) is 4.42 Å². The highest BCUT2D eigenvalue weighted by molar-refractivity contribution is 6.14. The molecule has 4 heteroatoms. The van der Waals surface area contributed by atoms with Crippen molar-refractivity contribution in [3.05, 3.63) is 113 Å². The van der Waals surface area contributed by atoms with Crippen LogP contribution < -0.4 is 4.57 Å². The Bertz CT molecular complexity index is 2040. The molecular weight excluding hydrogens is 483 g/mol. The predicted octanol–water partition coefficient (Wildman–Crippen LogP) is 8.37. The minimum Gasteiger partial charge on any atom is -0.454 e. The first-order valence-electron chi connectivity index (χ1n) is 13.1. The maximum absolute atomic E-state index is 13.9. The van der Waals surface area contributed by atoms with Crippen molar-refractivity contribution in [3.63, 3.8) is 0 Å². The predicted molar refractivity (Wildman–Crippen MR) is 153 cm³/mol. The summed E-state index contributed by atoms with van der Waals surface area (Å²) < 4.78 is 22.4. The van der Waals surface area contributed by atoms with Gasteiger partial charge in [-0.15, -0.1) is 0 Å². The van der Waals surface area contributed by atoms with Gasteiger partial charge in [0.2, 0.25) is 11.9 Å². The fourth-order valence-electron chi connectivity index (χ4n) is 6.39. The third-order valence-corrected chi connectivity index (χ3v) is 8.36. The standard InChI is InChI=1S/C35H26FN2O/c1-20-9-13-26-27-15-11-22(18-37)32(34(27)39-33(26)31(20)30-16-12-23(36)19-38(30)4)21-10-14-25-24-7-5-6-8-28(24)35(2,3)29(25)17-21/h5-17,19H,1-4H3/q+1. The molecule has 0 N–H and O–H groups in total. The highest BCUT2D eigenvalue weighted by atomic mass is 19.1. The van der Waals surface area contributed by atoms with Crippen LogP contribution in [0.2, 0.25) is 0 Å². The fourth-order valence-corrected chi connectivity index (χ4v) is 6.39. The van der Waals surface area contributed by atoms with Crippen LogP contribution in [-0.2, 0) is 12.5 Å². The summed E-state index contributed by atoms with van der Waals surface area (Å²) >= 11 is 0. The molecule has 0 saturated carbocycles. The van der Waals surface area contributed by atoms with Gasteiger partial charge in [-0.05, 0) is 64.6 Å². The Morgan fingerprint density at radius 1 is 0.821 bits per heavy atom. The molecule has 1 aliphatic carbocycles. The highest BCUT2D eigenvalue weighted by Crippen LogP contribution is 2.50. The van der Waals surface area contributed by atoms with Crippen molar-refractivity contribution >= 4 is 21.9 Å². The Labute approximate surface area is 226 Å². The number of hydrogen-bond donors (Lipinski definition) is 0. The number of aryl methyl sites for hydroxylation is 2. The van der Waals surface area contributed by atoms with Crippen LogP contribution in [0.3, 0.4) is 0 Å². The van der Waals surface area contributed by atoms with Crippen molar-refractivity contribution in [3.8, 4) is 39.6 Å². The van der Waals surface area contributed by atoms with Gasteiger partial charge < -0.3 is 4.42 Å². The Kier molecular flexibility index (Phi) is 4.87. The zero-order valence-corrected chi connectivity index (χ0v) is 22.3. The van der Waals surface area contributed by atoms with Crippen LogP contribution >= 0.6 is 0 Å². The van der Waals surface area contributed by atoms with E-state index in [0.29, 0.717) is 11.1 Å². The van der Waals surface area contributed by atoms with Crippen LogP contribution in [0.1, 0.15) is 36.1 Å². The molecule has 0 saturated heterocycles. The van der Waals surface area contributed by atoms with Crippen molar-refractivity contribution in [1.82, 2.24) is 0 Å². The molecule has 6 aromatic rings. The molecule has 0 spiro atoms. The lowest BCUT2D eigenvalue weighted by Gasteiger charge is -2.22. The van der Waals surface area contributed by atoms with Gasteiger partial charge in [0.15, 0.2) is 5.82 Å². The van der Waals surface area contributed by atoms with E-state index in [1.165, 1.54) is 34.5 Å². The smallest absolute Gasteiger partial charge is 0.216 e. The quantitative estimate of drug-likeness (QED) is 0.220. The number of furan rings is 1. The van der Waals surface area contributed by atoms with Crippen LogP contribution in [0.25, 0.3) is 55.4 Å². The number of nitriles is 1. The molecule has 4 aromatic carbocycles. The molecule has 0 aliphatic heterocycles. The topological polar surface area (TPSA) is 40.8 Å². The fraction of sp³-hybridized carbons (Fsp3) is 0.143. The summed E-state index contributed by atoms with van der Waals surface area (Å²) in [4.78, 5) is 0. The summed E-state index contributed by atoms with van der Waals surface area (Å²) in [6.45, 7) is 6.55. The van der Waals surface area contributed by atoms with E-state index in [-0.39, 0.29) is 11.2 Å². The second-order valence-corrected chi connectivity index (χ2v) is 11.0. The molecular formula is C35H26FN2O+. The lowest BCUT2D eigenvalue weighted by atomic mass is 9.81. The Morgan fingerprint density at radius 2 is 1.54 bits per heavy atom. The molecule has 0 radical (unpaired) electrons. The van der Waals surface area contributed by atoms with E-state index in [1.54, 1.807) is 10.6 Å². The van der Waals surface area contributed by atoms with E-state index < -0.39 is 0 Å². The van der Waals surface area contributed by atoms with Gasteiger partial charge in [0.25, 0.3) is 0 Å². The molecule has 0 atom stereocenters. The monoisotopic (exact) mass is 509 g/mol. The minimum atomic E-state index is -0.293. The summed E-state index contributed by atoms with van der Waals surface area (Å²) in [6.07, 6.45) is 1.47. The van der Waals surface area contributed by atoms with Crippen LogP contribution in [0, 0.1) is 24.1 Å². The normalized spacial score (nSPS) is 13.4. The zero-order chi connectivity index (χ0) is 27.1. The Morgan fingerprint density at radius 3 is 2.31 bits per heavy atom. The molecule has 2 heterocycles. The van der Waals surface area contributed by atoms with E-state index in [1.807, 2.05) is 26.1 Å². The SMILES string of the molecule is Cc1ccc2c(oc3c(-c4ccc5c(c4)C(C)(C)c4ccccc4-5)c(C#N)ccc32)c1-c1ccc(F)c[n+]1C. The van der Waals surface area contributed by atoms with Gasteiger partial charge in [-0.2, -0.15) is 9.83 Å². The summed E-state index contributed by atoms with van der Waals surface area (Å²) in [6, 6.07) is 28.7. The van der Waals surface area contributed by atoms with Crippen LogP contribution in [0.4, 0.5) is 4.39 Å². The van der Waals surface area contributed by atoms with Gasteiger partial charge >= 0.3 is 0 Å². The summed E-state index contributed by atoms with van der Waals surface area (Å²) in [5.74, 6) is -0.293. The average molecular weight is 510 g/mol. The summed E-state index contributed by atoms with van der Waals surface area (Å²) in [7, 11) is 1.84. The van der Waals surface area contributed by atoms with Crippen molar-refractivity contribution in [1.29, 1.82) is 5.26 Å². The van der Waals surface area contributed by atoms with Gasteiger partial charge in [0.1, 0.15) is 18.2 Å². The van der Waals surface area contributed by atoms with Gasteiger partial charge in [0.05, 0.1) is 17.2 Å². The first-order chi connectivity index (χ1) is 18.8. The highest BCUT2D eigenvalue weighted by Gasteiger charge is 2.35. The lowest BCUT2D eigenvalue weighted by molar-refractivity contribution is -0.661. The number of aromatic nitrogens is 1. The second kappa shape index (κ2) is 8.12. The molecule has 1 aliphatic rings. The van der Waals surface area contributed by atoms with E-state index in [9.17, 15) is 9.65 Å². The minimum absolute atomic E-state index is 0.155. The van der Waals surface area contributed by atoms with Gasteiger partial charge in [0, 0.05) is 27.8 Å². The van der Waals surface area contributed by atoms with Crippen LogP contribution in [-0.4, -0.2) is 0 Å². The van der Waals surface area contributed by atoms with Crippen molar-refractivity contribution in [2.75, 3.05) is 0 Å². The number of nitrogens with zero attached hydrogens (tertiary/aromatic N) is 2. The molecule has 39 heavy (non-hydrogen) atoms. The van der Waals surface area contributed by atoms with Gasteiger partial charge in [-0.3, -0.25) is 0 Å². The molecule has 2 aromatic heterocycles. The molecule has 0 fully saturated rings. The summed E-state index contributed by atoms with van der Waals surface area (Å²) in [5, 5.41) is 12.1. The molecule has 0 amide bonds. The number of pyridine rings is 1. The molecule has 7 rings (SSSR count). The van der Waals surface area contributed by atoms with Crippen molar-refractivity contribution in [2.45, 2.75) is 26.2 Å². The summed E-state index contributed by atoms with van der Waals surface area (Å²) in [5.41, 5.74) is 11.5. The Hall–Kier alpha value is -4.75. The lowest BCUT2D eigenvalue weighted by Crippen LogP contribution is -2.31. The molecule has 188 valence electrons. The van der Waals surface area contributed by atoms with E-state index >= 15 is 0 Å².